The highest BCUT2D eigenvalue weighted by atomic mass is 32.2. The zero-order valence-corrected chi connectivity index (χ0v) is 11.2. The van der Waals surface area contributed by atoms with Crippen LogP contribution in [0.1, 0.15) is 5.56 Å². The van der Waals surface area contributed by atoms with Gasteiger partial charge in [-0.1, -0.05) is 30.3 Å². The number of hydrogen-bond donors (Lipinski definition) is 2. The number of carbonyl (C=O) groups excluding carboxylic acids is 1. The van der Waals surface area contributed by atoms with Crippen LogP contribution in [0.4, 0.5) is 5.69 Å². The standard InChI is InChI=1S/C14H15N3OS/c15-8-13(18)17-12-6-7-14(16-9-12)19-10-11-4-2-1-3-5-11/h1-7,9H,8,10,15H2,(H,17,18). The predicted octanol–water partition coefficient (Wildman–Crippen LogP) is 2.27. The molecule has 0 bridgehead atoms. The van der Waals surface area contributed by atoms with Crippen LogP contribution in [0.3, 0.4) is 0 Å². The molecule has 2 rings (SSSR count). The van der Waals surface area contributed by atoms with Crippen molar-refractivity contribution in [2.75, 3.05) is 11.9 Å². The van der Waals surface area contributed by atoms with Gasteiger partial charge in [-0.15, -0.1) is 11.8 Å². The van der Waals surface area contributed by atoms with Crippen molar-refractivity contribution in [1.29, 1.82) is 0 Å². The zero-order valence-electron chi connectivity index (χ0n) is 10.4. The van der Waals surface area contributed by atoms with Gasteiger partial charge in [-0.05, 0) is 17.7 Å². The number of nitrogens with two attached hydrogens (primary N) is 1. The van der Waals surface area contributed by atoms with Crippen LogP contribution in [-0.4, -0.2) is 17.4 Å². The molecule has 0 unspecified atom stereocenters. The highest BCUT2D eigenvalue weighted by Gasteiger charge is 2.01. The monoisotopic (exact) mass is 273 g/mol. The van der Waals surface area contributed by atoms with Crippen molar-refractivity contribution in [3.8, 4) is 0 Å². The number of aromatic nitrogens is 1. The van der Waals surface area contributed by atoms with E-state index in [1.807, 2.05) is 30.3 Å². The van der Waals surface area contributed by atoms with Gasteiger partial charge < -0.3 is 11.1 Å². The Bertz CT molecular complexity index is 528. The van der Waals surface area contributed by atoms with Crippen molar-refractivity contribution in [3.63, 3.8) is 0 Å². The summed E-state index contributed by atoms with van der Waals surface area (Å²) < 4.78 is 0. The molecule has 1 aromatic carbocycles. The van der Waals surface area contributed by atoms with Crippen LogP contribution in [0.15, 0.2) is 53.7 Å². The van der Waals surface area contributed by atoms with Gasteiger partial charge in [0.15, 0.2) is 0 Å². The molecule has 1 heterocycles. The van der Waals surface area contributed by atoms with E-state index in [9.17, 15) is 4.79 Å². The number of nitrogens with one attached hydrogen (secondary N) is 1. The number of rotatable bonds is 5. The van der Waals surface area contributed by atoms with Gasteiger partial charge in [0.2, 0.25) is 5.91 Å². The van der Waals surface area contributed by atoms with Gasteiger partial charge in [0, 0.05) is 5.75 Å². The molecule has 2 aromatic rings. The molecule has 0 saturated heterocycles. The fourth-order valence-electron chi connectivity index (χ4n) is 1.48. The lowest BCUT2D eigenvalue weighted by Gasteiger charge is -2.04. The summed E-state index contributed by atoms with van der Waals surface area (Å²) in [4.78, 5) is 15.4. The number of benzene rings is 1. The van der Waals surface area contributed by atoms with E-state index < -0.39 is 0 Å². The van der Waals surface area contributed by atoms with Crippen molar-refractivity contribution < 1.29 is 4.79 Å². The molecule has 1 aromatic heterocycles. The van der Waals surface area contributed by atoms with Crippen LogP contribution < -0.4 is 11.1 Å². The van der Waals surface area contributed by atoms with Gasteiger partial charge in [-0.25, -0.2) is 4.98 Å². The maximum absolute atomic E-state index is 11.1. The van der Waals surface area contributed by atoms with E-state index in [0.29, 0.717) is 5.69 Å². The Morgan fingerprint density at radius 3 is 2.63 bits per heavy atom. The van der Waals surface area contributed by atoms with Crippen LogP contribution >= 0.6 is 11.8 Å². The van der Waals surface area contributed by atoms with Crippen molar-refractivity contribution in [2.45, 2.75) is 10.8 Å². The number of thioether (sulfide) groups is 1. The average molecular weight is 273 g/mol. The minimum Gasteiger partial charge on any atom is -0.324 e. The van der Waals surface area contributed by atoms with E-state index in [4.69, 9.17) is 5.73 Å². The van der Waals surface area contributed by atoms with Crippen molar-refractivity contribution >= 4 is 23.4 Å². The van der Waals surface area contributed by atoms with E-state index in [2.05, 4.69) is 22.4 Å². The number of anilines is 1. The molecule has 0 radical (unpaired) electrons. The molecule has 19 heavy (non-hydrogen) atoms. The summed E-state index contributed by atoms with van der Waals surface area (Å²) >= 11 is 1.66. The quantitative estimate of drug-likeness (QED) is 0.820. The predicted molar refractivity (Wildman–Crippen MR) is 77.9 cm³/mol. The Morgan fingerprint density at radius 1 is 1.21 bits per heavy atom. The molecule has 0 spiro atoms. The molecule has 0 fully saturated rings. The Hall–Kier alpha value is -1.85. The fraction of sp³-hybridized carbons (Fsp3) is 0.143. The fourth-order valence-corrected chi connectivity index (χ4v) is 2.28. The summed E-state index contributed by atoms with van der Waals surface area (Å²) in [5.74, 6) is 0.661. The molecular weight excluding hydrogens is 258 g/mol. The van der Waals surface area contributed by atoms with Crippen molar-refractivity contribution in [2.24, 2.45) is 5.73 Å². The van der Waals surface area contributed by atoms with Crippen molar-refractivity contribution in [3.05, 3.63) is 54.2 Å². The van der Waals surface area contributed by atoms with Crippen molar-refractivity contribution in [1.82, 2.24) is 4.98 Å². The number of hydrogen-bond acceptors (Lipinski definition) is 4. The minimum absolute atomic E-state index is 0.0233. The summed E-state index contributed by atoms with van der Waals surface area (Å²) in [6, 6.07) is 13.9. The van der Waals surface area contributed by atoms with E-state index in [-0.39, 0.29) is 12.5 Å². The second kappa shape index (κ2) is 6.92. The third-order valence-corrected chi connectivity index (χ3v) is 3.45. The first kappa shape index (κ1) is 13.6. The Labute approximate surface area is 116 Å². The maximum Gasteiger partial charge on any atom is 0.238 e. The first-order valence-corrected chi connectivity index (χ1v) is 6.89. The van der Waals surface area contributed by atoms with E-state index in [1.165, 1.54) is 5.56 Å². The van der Waals surface area contributed by atoms with Gasteiger partial charge in [-0.3, -0.25) is 4.79 Å². The smallest absolute Gasteiger partial charge is 0.238 e. The lowest BCUT2D eigenvalue weighted by atomic mass is 10.2. The molecule has 5 heteroatoms. The summed E-state index contributed by atoms with van der Waals surface area (Å²) in [6.45, 7) is -0.0233. The minimum atomic E-state index is -0.216. The van der Waals surface area contributed by atoms with Crippen LogP contribution in [-0.2, 0) is 10.5 Å². The topological polar surface area (TPSA) is 68.0 Å². The largest absolute Gasteiger partial charge is 0.324 e. The molecule has 0 atom stereocenters. The molecular formula is C14H15N3OS. The highest BCUT2D eigenvalue weighted by molar-refractivity contribution is 7.98. The van der Waals surface area contributed by atoms with Gasteiger partial charge in [-0.2, -0.15) is 0 Å². The lowest BCUT2D eigenvalue weighted by Crippen LogP contribution is -2.21. The third kappa shape index (κ3) is 4.39. The van der Waals surface area contributed by atoms with Crippen LogP contribution in [0.2, 0.25) is 0 Å². The third-order valence-electron chi connectivity index (χ3n) is 2.44. The lowest BCUT2D eigenvalue weighted by molar-refractivity contribution is -0.114. The van der Waals surface area contributed by atoms with Gasteiger partial charge in [0.05, 0.1) is 23.5 Å². The molecule has 1 amide bonds. The zero-order chi connectivity index (χ0) is 13.5. The Balaban J connectivity index is 1.90. The Morgan fingerprint density at radius 2 is 2.00 bits per heavy atom. The molecule has 0 aliphatic carbocycles. The van der Waals surface area contributed by atoms with Gasteiger partial charge in [0.1, 0.15) is 0 Å². The van der Waals surface area contributed by atoms with Gasteiger partial charge >= 0.3 is 0 Å². The summed E-state index contributed by atoms with van der Waals surface area (Å²) in [5.41, 5.74) is 7.15. The molecule has 4 nitrogen and oxygen atoms in total. The van der Waals surface area contributed by atoms with Crippen LogP contribution in [0.25, 0.3) is 0 Å². The number of pyridine rings is 1. The molecule has 0 aliphatic heterocycles. The van der Waals surface area contributed by atoms with Crippen LogP contribution in [0.5, 0.6) is 0 Å². The summed E-state index contributed by atoms with van der Waals surface area (Å²) in [6.07, 6.45) is 1.64. The highest BCUT2D eigenvalue weighted by Crippen LogP contribution is 2.21. The van der Waals surface area contributed by atoms with E-state index in [1.54, 1.807) is 18.0 Å². The SMILES string of the molecule is NCC(=O)Nc1ccc(SCc2ccccc2)nc1. The van der Waals surface area contributed by atoms with E-state index >= 15 is 0 Å². The second-order valence-electron chi connectivity index (χ2n) is 3.91. The summed E-state index contributed by atoms with van der Waals surface area (Å²) in [7, 11) is 0. The molecule has 98 valence electrons. The van der Waals surface area contributed by atoms with E-state index in [0.717, 1.165) is 10.8 Å². The van der Waals surface area contributed by atoms with Crippen LogP contribution in [0, 0.1) is 0 Å². The normalized spacial score (nSPS) is 10.2. The molecule has 0 aliphatic rings. The molecule has 0 saturated carbocycles. The number of nitrogens with zero attached hydrogens (tertiary/aromatic N) is 1. The first-order valence-electron chi connectivity index (χ1n) is 5.90. The Kier molecular flexibility index (Phi) is 4.94. The maximum atomic E-state index is 11.1. The molecule has 3 N–H and O–H groups in total. The van der Waals surface area contributed by atoms with Gasteiger partial charge in [0.25, 0.3) is 0 Å². The second-order valence-corrected chi connectivity index (χ2v) is 4.91. The first-order chi connectivity index (χ1) is 9.28. The number of amides is 1. The average Bonchev–Trinajstić information content (AvgIpc) is 2.47. The summed E-state index contributed by atoms with van der Waals surface area (Å²) in [5, 5.41) is 3.58. The number of carbonyl (C=O) groups is 1.